The van der Waals surface area contributed by atoms with Crippen LogP contribution in [0.5, 0.6) is 5.75 Å². The van der Waals surface area contributed by atoms with E-state index in [1.165, 1.54) is 0 Å². The van der Waals surface area contributed by atoms with Gasteiger partial charge < -0.3 is 4.74 Å². The molecule has 0 aliphatic carbocycles. The van der Waals surface area contributed by atoms with Crippen molar-refractivity contribution in [2.75, 3.05) is 0 Å². The summed E-state index contributed by atoms with van der Waals surface area (Å²) < 4.78 is 7.51. The Morgan fingerprint density at radius 2 is 2.29 bits per heavy atom. The highest BCUT2D eigenvalue weighted by atomic mass is 16.5. The van der Waals surface area contributed by atoms with Crippen LogP contribution in [0.25, 0.3) is 5.82 Å². The number of hydrogen-bond donors (Lipinski definition) is 0. The molecule has 1 unspecified atom stereocenters. The molecule has 0 amide bonds. The first kappa shape index (κ1) is 10.1. The predicted octanol–water partition coefficient (Wildman–Crippen LogP) is 2.23. The summed E-state index contributed by atoms with van der Waals surface area (Å²) in [7, 11) is 0. The summed E-state index contributed by atoms with van der Waals surface area (Å²) >= 11 is 0. The molecule has 4 nitrogen and oxygen atoms in total. The van der Waals surface area contributed by atoms with Crippen LogP contribution >= 0.6 is 0 Å². The fourth-order valence-corrected chi connectivity index (χ4v) is 2.06. The number of pyridine rings is 1. The first-order valence-corrected chi connectivity index (χ1v) is 5.65. The van der Waals surface area contributed by atoms with Gasteiger partial charge >= 0.3 is 0 Å². The fraction of sp³-hybridized carbons (Fsp3) is 0.231. The molecule has 1 aliphatic heterocycles. The van der Waals surface area contributed by atoms with Crippen molar-refractivity contribution in [2.45, 2.75) is 19.4 Å². The number of carbonyl (C=O) groups is 1. The van der Waals surface area contributed by atoms with Crippen LogP contribution in [0.4, 0.5) is 0 Å². The van der Waals surface area contributed by atoms with Gasteiger partial charge in [-0.15, -0.1) is 0 Å². The van der Waals surface area contributed by atoms with Crippen molar-refractivity contribution in [3.8, 4) is 11.6 Å². The number of rotatable bonds is 1. The van der Waals surface area contributed by atoms with Gasteiger partial charge in [-0.05, 0) is 30.7 Å². The minimum absolute atomic E-state index is 0.00972. The van der Waals surface area contributed by atoms with E-state index in [1.54, 1.807) is 16.8 Å². The molecule has 3 heterocycles. The third kappa shape index (κ3) is 1.45. The summed E-state index contributed by atoms with van der Waals surface area (Å²) in [6.07, 6.45) is 3.76. The normalized spacial score (nSPS) is 17.9. The summed E-state index contributed by atoms with van der Waals surface area (Å²) in [5, 5.41) is 0. The second-order valence-electron chi connectivity index (χ2n) is 3.97. The average Bonchev–Trinajstić information content (AvgIpc) is 2.80. The van der Waals surface area contributed by atoms with E-state index in [1.807, 2.05) is 31.3 Å². The van der Waals surface area contributed by atoms with Gasteiger partial charge in [-0.25, -0.2) is 4.98 Å². The highest BCUT2D eigenvalue weighted by Crippen LogP contribution is 2.28. The minimum Gasteiger partial charge on any atom is -0.478 e. The molecule has 4 heteroatoms. The molecule has 0 fully saturated rings. The highest BCUT2D eigenvalue weighted by Gasteiger charge is 2.28. The number of fused-ring (bicyclic) bond motifs is 3. The zero-order valence-corrected chi connectivity index (χ0v) is 9.46. The Hall–Kier alpha value is -2.10. The molecule has 0 radical (unpaired) electrons. The van der Waals surface area contributed by atoms with E-state index in [9.17, 15) is 4.79 Å². The van der Waals surface area contributed by atoms with Gasteiger partial charge in [-0.1, -0.05) is 6.92 Å². The smallest absolute Gasteiger partial charge is 0.219 e. The van der Waals surface area contributed by atoms with Crippen molar-refractivity contribution in [3.63, 3.8) is 0 Å². The Labute approximate surface area is 98.9 Å². The lowest BCUT2D eigenvalue weighted by Gasteiger charge is -2.12. The van der Waals surface area contributed by atoms with E-state index >= 15 is 0 Å². The van der Waals surface area contributed by atoms with E-state index in [-0.39, 0.29) is 5.78 Å². The number of nitrogens with zero attached hydrogens (tertiary/aromatic N) is 2. The first-order chi connectivity index (χ1) is 8.31. The number of ketones is 1. The second-order valence-corrected chi connectivity index (χ2v) is 3.97. The van der Waals surface area contributed by atoms with Gasteiger partial charge in [0.05, 0.1) is 5.69 Å². The van der Waals surface area contributed by atoms with Crippen LogP contribution in [0.2, 0.25) is 0 Å². The van der Waals surface area contributed by atoms with Gasteiger partial charge in [-0.2, -0.15) is 0 Å². The van der Waals surface area contributed by atoms with Gasteiger partial charge in [0.2, 0.25) is 5.78 Å². The van der Waals surface area contributed by atoms with Gasteiger partial charge in [0.15, 0.2) is 17.7 Å². The Bertz CT molecular complexity index is 574. The molecule has 0 saturated carbocycles. The molecule has 17 heavy (non-hydrogen) atoms. The molecular formula is C13H12N2O2. The van der Waals surface area contributed by atoms with Gasteiger partial charge in [0, 0.05) is 12.4 Å². The monoisotopic (exact) mass is 228 g/mol. The van der Waals surface area contributed by atoms with Crippen molar-refractivity contribution in [1.82, 2.24) is 9.55 Å². The van der Waals surface area contributed by atoms with Crippen molar-refractivity contribution < 1.29 is 9.53 Å². The van der Waals surface area contributed by atoms with Gasteiger partial charge in [0.25, 0.3) is 0 Å². The maximum atomic E-state index is 12.2. The molecule has 0 bridgehead atoms. The third-order valence-electron chi connectivity index (χ3n) is 2.91. The molecule has 3 rings (SSSR count). The molecule has 1 aliphatic rings. The highest BCUT2D eigenvalue weighted by molar-refractivity contribution is 5.99. The number of aromatic nitrogens is 2. The lowest BCUT2D eigenvalue weighted by molar-refractivity contribution is 0.0790. The predicted molar refractivity (Wildman–Crippen MR) is 62.6 cm³/mol. The number of carbonyl (C=O) groups excluding carboxylic acids is 1. The quantitative estimate of drug-likeness (QED) is 0.751. The zero-order chi connectivity index (χ0) is 11.8. The van der Waals surface area contributed by atoms with Crippen molar-refractivity contribution in [2.24, 2.45) is 0 Å². The molecule has 1 atom stereocenters. The van der Waals surface area contributed by atoms with Crippen LogP contribution in [0.15, 0.2) is 36.7 Å². The van der Waals surface area contributed by atoms with E-state index in [0.29, 0.717) is 23.7 Å². The number of hydrogen-bond acceptors (Lipinski definition) is 3. The first-order valence-electron chi connectivity index (χ1n) is 5.65. The largest absolute Gasteiger partial charge is 0.478 e. The summed E-state index contributed by atoms with van der Waals surface area (Å²) in [5.74, 6) is 1.34. The van der Waals surface area contributed by atoms with Crippen molar-refractivity contribution >= 4 is 5.78 Å². The second kappa shape index (κ2) is 3.73. The van der Waals surface area contributed by atoms with Gasteiger partial charge in [0.1, 0.15) is 0 Å². The zero-order valence-electron chi connectivity index (χ0n) is 9.46. The maximum Gasteiger partial charge on any atom is 0.219 e. The summed E-state index contributed by atoms with van der Waals surface area (Å²) in [6, 6.07) is 7.31. The van der Waals surface area contributed by atoms with E-state index in [0.717, 1.165) is 0 Å². The Morgan fingerprint density at radius 1 is 1.41 bits per heavy atom. The summed E-state index contributed by atoms with van der Waals surface area (Å²) in [5.41, 5.74) is 0.634. The standard InChI is InChI=1S/C13H12N2O2/c1-2-10-12(16)9-5-4-8-15(9)13-11(17-10)6-3-7-14-13/h3-8,10H,2H2,1H3. The number of ether oxygens (including phenoxy) is 1. The molecule has 2 aromatic rings. The van der Waals surface area contributed by atoms with E-state index in [4.69, 9.17) is 4.74 Å². The maximum absolute atomic E-state index is 12.2. The van der Waals surface area contributed by atoms with Crippen LogP contribution in [-0.2, 0) is 0 Å². The van der Waals surface area contributed by atoms with E-state index < -0.39 is 6.10 Å². The molecule has 86 valence electrons. The van der Waals surface area contributed by atoms with Crippen molar-refractivity contribution in [1.29, 1.82) is 0 Å². The molecule has 0 N–H and O–H groups in total. The minimum atomic E-state index is -0.422. The lowest BCUT2D eigenvalue weighted by Crippen LogP contribution is -2.25. The Kier molecular flexibility index (Phi) is 2.21. The number of Topliss-reactive ketones (excluding diaryl/α,β-unsaturated/α-hetero) is 1. The molecule has 0 aromatic carbocycles. The summed E-state index contributed by atoms with van der Waals surface area (Å²) in [6.45, 7) is 1.94. The molecule has 0 spiro atoms. The summed E-state index contributed by atoms with van der Waals surface area (Å²) in [4.78, 5) is 16.5. The van der Waals surface area contributed by atoms with E-state index in [2.05, 4.69) is 4.98 Å². The fourth-order valence-electron chi connectivity index (χ4n) is 2.06. The van der Waals surface area contributed by atoms with Crippen LogP contribution in [-0.4, -0.2) is 21.4 Å². The SMILES string of the molecule is CCC1Oc2cccnc2-n2cccc2C1=O. The van der Waals surface area contributed by atoms with Crippen LogP contribution < -0.4 is 4.74 Å². The Balaban J connectivity index is 2.25. The van der Waals surface area contributed by atoms with Gasteiger partial charge in [-0.3, -0.25) is 9.36 Å². The van der Waals surface area contributed by atoms with Crippen LogP contribution in [0.3, 0.4) is 0 Å². The van der Waals surface area contributed by atoms with Crippen LogP contribution in [0.1, 0.15) is 23.8 Å². The molecule has 2 aromatic heterocycles. The Morgan fingerprint density at radius 3 is 3.12 bits per heavy atom. The lowest BCUT2D eigenvalue weighted by atomic mass is 10.1. The third-order valence-corrected chi connectivity index (χ3v) is 2.91. The van der Waals surface area contributed by atoms with Crippen molar-refractivity contribution in [3.05, 3.63) is 42.4 Å². The topological polar surface area (TPSA) is 44.1 Å². The average molecular weight is 228 g/mol. The molecule has 0 saturated heterocycles. The molecular weight excluding hydrogens is 216 g/mol. The van der Waals surface area contributed by atoms with Crippen LogP contribution in [0, 0.1) is 0 Å².